The highest BCUT2D eigenvalue weighted by Gasteiger charge is 2.13. The number of hydrogen-bond donors (Lipinski definition) is 1. The first-order chi connectivity index (χ1) is 8.22. The molecule has 0 saturated heterocycles. The quantitative estimate of drug-likeness (QED) is 0.878. The lowest BCUT2D eigenvalue weighted by atomic mass is 10.4. The van der Waals surface area contributed by atoms with Gasteiger partial charge in [0.2, 0.25) is 5.88 Å². The number of nitrogen functional groups attached to an aromatic ring is 1. The Hall–Kier alpha value is -1.89. The first-order valence-electron chi connectivity index (χ1n) is 4.95. The molecule has 0 saturated carbocycles. The maximum atomic E-state index is 5.91. The van der Waals surface area contributed by atoms with Gasteiger partial charge in [0, 0.05) is 12.4 Å². The van der Waals surface area contributed by atoms with Crippen molar-refractivity contribution in [3.63, 3.8) is 0 Å². The first kappa shape index (κ1) is 11.6. The van der Waals surface area contributed by atoms with E-state index in [0.29, 0.717) is 23.9 Å². The third-order valence-electron chi connectivity index (χ3n) is 2.26. The molecule has 0 aromatic carbocycles. The van der Waals surface area contributed by atoms with E-state index >= 15 is 0 Å². The number of anilines is 2. The van der Waals surface area contributed by atoms with Crippen LogP contribution in [0.3, 0.4) is 0 Å². The van der Waals surface area contributed by atoms with E-state index in [1.807, 2.05) is 17.3 Å². The lowest BCUT2D eigenvalue weighted by Gasteiger charge is -2.19. The number of nitrogens with two attached hydrogens (primary N) is 1. The Morgan fingerprint density at radius 1 is 1.41 bits per heavy atom. The van der Waals surface area contributed by atoms with Gasteiger partial charge in [-0.05, 0) is 0 Å². The summed E-state index contributed by atoms with van der Waals surface area (Å²) in [6.07, 6.45) is 1.43. The van der Waals surface area contributed by atoms with Crippen LogP contribution in [-0.2, 0) is 6.54 Å². The predicted molar refractivity (Wildman–Crippen MR) is 67.2 cm³/mol. The van der Waals surface area contributed by atoms with Crippen LogP contribution >= 0.6 is 11.3 Å². The summed E-state index contributed by atoms with van der Waals surface area (Å²) in [5, 5.41) is 1.99. The Morgan fingerprint density at radius 2 is 2.24 bits per heavy atom. The van der Waals surface area contributed by atoms with Crippen molar-refractivity contribution in [3.05, 3.63) is 22.9 Å². The van der Waals surface area contributed by atoms with E-state index in [0.717, 1.165) is 5.69 Å². The Bertz CT molecular complexity index is 487. The highest BCUT2D eigenvalue weighted by molar-refractivity contribution is 7.07. The molecule has 0 aliphatic carbocycles. The molecule has 0 atom stereocenters. The van der Waals surface area contributed by atoms with Gasteiger partial charge < -0.3 is 15.4 Å². The summed E-state index contributed by atoms with van der Waals surface area (Å²) in [7, 11) is 3.43. The molecule has 0 fully saturated rings. The Morgan fingerprint density at radius 3 is 2.88 bits per heavy atom. The molecule has 90 valence electrons. The number of nitrogens with zero attached hydrogens (tertiary/aromatic N) is 4. The smallest absolute Gasteiger partial charge is 0.242 e. The van der Waals surface area contributed by atoms with Crippen molar-refractivity contribution >= 4 is 22.8 Å². The molecule has 2 aromatic heterocycles. The van der Waals surface area contributed by atoms with Crippen LogP contribution in [0.2, 0.25) is 0 Å². The number of methoxy groups -OCH3 is 1. The molecule has 2 N–H and O–H groups in total. The van der Waals surface area contributed by atoms with Crippen LogP contribution in [0.15, 0.2) is 17.2 Å². The molecular formula is C10H13N5OS. The maximum Gasteiger partial charge on any atom is 0.242 e. The minimum Gasteiger partial charge on any atom is -0.479 e. The van der Waals surface area contributed by atoms with Crippen molar-refractivity contribution in [1.29, 1.82) is 0 Å². The Kier molecular flexibility index (Phi) is 3.38. The van der Waals surface area contributed by atoms with Crippen LogP contribution in [0.25, 0.3) is 0 Å². The number of rotatable bonds is 4. The molecule has 0 unspecified atom stereocenters. The largest absolute Gasteiger partial charge is 0.479 e. The zero-order valence-electron chi connectivity index (χ0n) is 9.62. The predicted octanol–water partition coefficient (Wildman–Crippen LogP) is 1.16. The summed E-state index contributed by atoms with van der Waals surface area (Å²) in [6, 6.07) is 0. The molecular weight excluding hydrogens is 238 g/mol. The van der Waals surface area contributed by atoms with Crippen molar-refractivity contribution in [2.45, 2.75) is 6.54 Å². The third kappa shape index (κ3) is 2.44. The summed E-state index contributed by atoms with van der Waals surface area (Å²) >= 11 is 1.56. The van der Waals surface area contributed by atoms with Gasteiger partial charge in [0.1, 0.15) is 12.0 Å². The molecule has 0 amide bonds. The van der Waals surface area contributed by atoms with Crippen LogP contribution < -0.4 is 15.4 Å². The highest BCUT2D eigenvalue weighted by atomic mass is 32.1. The topological polar surface area (TPSA) is 77.2 Å². The van der Waals surface area contributed by atoms with Gasteiger partial charge in [0.05, 0.1) is 24.9 Å². The van der Waals surface area contributed by atoms with Crippen LogP contribution in [0.1, 0.15) is 5.69 Å². The van der Waals surface area contributed by atoms with E-state index in [-0.39, 0.29) is 0 Å². The third-order valence-corrected chi connectivity index (χ3v) is 2.90. The molecule has 6 nitrogen and oxygen atoms in total. The average Bonchev–Trinajstić information content (AvgIpc) is 2.82. The molecule has 0 radical (unpaired) electrons. The van der Waals surface area contributed by atoms with Gasteiger partial charge in [-0.1, -0.05) is 0 Å². The average molecular weight is 251 g/mol. The number of aromatic nitrogens is 3. The second-order valence-corrected chi connectivity index (χ2v) is 4.17. The van der Waals surface area contributed by atoms with Crippen LogP contribution in [-0.4, -0.2) is 29.1 Å². The van der Waals surface area contributed by atoms with Gasteiger partial charge in [0.25, 0.3) is 0 Å². The van der Waals surface area contributed by atoms with Crippen molar-refractivity contribution in [2.75, 3.05) is 24.8 Å². The van der Waals surface area contributed by atoms with Crippen LogP contribution in [0.4, 0.5) is 11.5 Å². The molecule has 17 heavy (non-hydrogen) atoms. The van der Waals surface area contributed by atoms with Gasteiger partial charge in [-0.2, -0.15) is 4.98 Å². The molecule has 2 heterocycles. The Balaban J connectivity index is 2.22. The van der Waals surface area contributed by atoms with Gasteiger partial charge in [0.15, 0.2) is 5.82 Å². The summed E-state index contributed by atoms with van der Waals surface area (Å²) in [5.74, 6) is 1.03. The summed E-state index contributed by atoms with van der Waals surface area (Å²) in [5.41, 5.74) is 9.13. The fourth-order valence-corrected chi connectivity index (χ4v) is 2.02. The van der Waals surface area contributed by atoms with Gasteiger partial charge in [-0.15, -0.1) is 11.3 Å². The molecule has 0 aliphatic heterocycles. The van der Waals surface area contributed by atoms with Gasteiger partial charge >= 0.3 is 0 Å². The first-order valence-corrected chi connectivity index (χ1v) is 5.89. The molecule has 0 aliphatic rings. The van der Waals surface area contributed by atoms with Crippen molar-refractivity contribution in [2.24, 2.45) is 0 Å². The number of thiazole rings is 1. The second-order valence-electron chi connectivity index (χ2n) is 3.46. The molecule has 0 spiro atoms. The van der Waals surface area contributed by atoms with E-state index < -0.39 is 0 Å². The second kappa shape index (κ2) is 4.96. The van der Waals surface area contributed by atoms with Crippen molar-refractivity contribution in [3.8, 4) is 5.88 Å². The number of ether oxygens (including phenoxy) is 1. The highest BCUT2D eigenvalue weighted by Crippen LogP contribution is 2.27. The minimum atomic E-state index is 0.389. The van der Waals surface area contributed by atoms with Crippen LogP contribution in [0, 0.1) is 0 Å². The summed E-state index contributed by atoms with van der Waals surface area (Å²) < 4.78 is 5.05. The fraction of sp³-hybridized carbons (Fsp3) is 0.300. The van der Waals surface area contributed by atoms with E-state index in [4.69, 9.17) is 10.5 Å². The minimum absolute atomic E-state index is 0.389. The molecule has 2 aromatic rings. The van der Waals surface area contributed by atoms with Crippen molar-refractivity contribution < 1.29 is 4.74 Å². The molecule has 0 bridgehead atoms. The zero-order valence-corrected chi connectivity index (χ0v) is 10.4. The Labute approximate surface area is 103 Å². The number of hydrogen-bond acceptors (Lipinski definition) is 7. The monoisotopic (exact) mass is 251 g/mol. The van der Waals surface area contributed by atoms with E-state index in [1.54, 1.807) is 16.8 Å². The fourth-order valence-electron chi connectivity index (χ4n) is 1.47. The van der Waals surface area contributed by atoms with E-state index in [2.05, 4.69) is 15.0 Å². The maximum absolute atomic E-state index is 5.91. The zero-order chi connectivity index (χ0) is 12.3. The lowest BCUT2D eigenvalue weighted by Crippen LogP contribution is -2.20. The van der Waals surface area contributed by atoms with Crippen LogP contribution in [0.5, 0.6) is 5.88 Å². The lowest BCUT2D eigenvalue weighted by molar-refractivity contribution is 0.399. The molecule has 7 heteroatoms. The summed E-state index contributed by atoms with van der Waals surface area (Å²) in [4.78, 5) is 14.2. The van der Waals surface area contributed by atoms with E-state index in [1.165, 1.54) is 13.4 Å². The van der Waals surface area contributed by atoms with Gasteiger partial charge in [-0.3, -0.25) is 0 Å². The van der Waals surface area contributed by atoms with Crippen molar-refractivity contribution in [1.82, 2.24) is 15.0 Å². The SMILES string of the molecule is COc1ncnc(N(C)Cc2cscn2)c1N. The van der Waals surface area contributed by atoms with Gasteiger partial charge in [-0.25, -0.2) is 9.97 Å². The van der Waals surface area contributed by atoms with E-state index in [9.17, 15) is 0 Å². The normalized spacial score (nSPS) is 10.2. The summed E-state index contributed by atoms with van der Waals surface area (Å²) in [6.45, 7) is 0.647. The molecule has 2 rings (SSSR count). The standard InChI is InChI=1S/C10H13N5OS/c1-15(3-7-4-17-6-14-7)9-8(11)10(16-2)13-5-12-9/h4-6H,3,11H2,1-2H3.